The first-order valence-electron chi connectivity index (χ1n) is 5.30. The fourth-order valence-corrected chi connectivity index (χ4v) is 2.42. The molecule has 1 atom stereocenters. The monoisotopic (exact) mass is 301 g/mol. The van der Waals surface area contributed by atoms with Gasteiger partial charge < -0.3 is 10.3 Å². The van der Waals surface area contributed by atoms with Crippen LogP contribution in [0.2, 0.25) is 0 Å². The quantitative estimate of drug-likeness (QED) is 0.850. The maximum atomic E-state index is 13.1. The number of alkyl halides is 2. The van der Waals surface area contributed by atoms with Crippen LogP contribution in [0.5, 0.6) is 0 Å². The second-order valence-corrected chi connectivity index (χ2v) is 5.19. The van der Waals surface area contributed by atoms with Crippen molar-refractivity contribution >= 4 is 27.0 Å². The fourth-order valence-electron chi connectivity index (χ4n) is 2.07. The van der Waals surface area contributed by atoms with Crippen LogP contribution < -0.4 is 5.32 Å². The summed E-state index contributed by atoms with van der Waals surface area (Å²) < 4.78 is 27.1. The summed E-state index contributed by atoms with van der Waals surface area (Å²) in [5.74, 6) is -2.06. The third kappa shape index (κ3) is 2.07. The lowest BCUT2D eigenvalue weighted by atomic mass is 10.2. The van der Waals surface area contributed by atoms with Crippen LogP contribution in [0.1, 0.15) is 18.3 Å². The van der Waals surface area contributed by atoms with Crippen LogP contribution in [0.3, 0.4) is 0 Å². The summed E-state index contributed by atoms with van der Waals surface area (Å²) in [6, 6.07) is 5.24. The summed E-state index contributed by atoms with van der Waals surface area (Å²) in [7, 11) is 0. The van der Waals surface area contributed by atoms with Gasteiger partial charge in [0.05, 0.1) is 23.6 Å². The molecule has 0 saturated carbocycles. The zero-order valence-electron chi connectivity index (χ0n) is 8.80. The van der Waals surface area contributed by atoms with Crippen molar-refractivity contribution in [2.75, 3.05) is 6.54 Å². The molecule has 1 saturated heterocycles. The molecule has 1 aliphatic rings. The van der Waals surface area contributed by atoms with E-state index in [1.807, 2.05) is 18.2 Å². The number of hydrogen-bond donors (Lipinski definition) is 2. The Morgan fingerprint density at radius 2 is 2.24 bits per heavy atom. The number of H-pyrrole nitrogens is 1. The van der Waals surface area contributed by atoms with Crippen molar-refractivity contribution in [3.8, 4) is 0 Å². The molecule has 2 N–H and O–H groups in total. The number of rotatable bonds is 1. The number of hydrogen-bond acceptors (Lipinski definition) is 2. The fraction of sp³-hybridized carbons (Fsp3) is 0.364. The zero-order chi connectivity index (χ0) is 12.0. The average molecular weight is 302 g/mol. The van der Waals surface area contributed by atoms with Gasteiger partial charge in [-0.3, -0.25) is 0 Å². The van der Waals surface area contributed by atoms with Crippen LogP contribution in [0.25, 0.3) is 11.0 Å². The molecule has 1 aromatic heterocycles. The second kappa shape index (κ2) is 3.74. The minimum atomic E-state index is -2.63. The van der Waals surface area contributed by atoms with Gasteiger partial charge in [-0.15, -0.1) is 0 Å². The Hall–Kier alpha value is -1.01. The molecule has 0 radical (unpaired) electrons. The predicted molar refractivity (Wildman–Crippen MR) is 64.1 cm³/mol. The van der Waals surface area contributed by atoms with Crippen LogP contribution >= 0.6 is 15.9 Å². The first kappa shape index (κ1) is 11.1. The van der Waals surface area contributed by atoms with Crippen molar-refractivity contribution < 1.29 is 8.78 Å². The van der Waals surface area contributed by atoms with E-state index in [0.29, 0.717) is 5.82 Å². The molecule has 90 valence electrons. The van der Waals surface area contributed by atoms with Crippen molar-refractivity contribution in [2.24, 2.45) is 0 Å². The molecule has 0 spiro atoms. The number of benzene rings is 1. The largest absolute Gasteiger partial charge is 0.341 e. The molecule has 2 heterocycles. The number of imidazole rings is 1. The van der Waals surface area contributed by atoms with Gasteiger partial charge >= 0.3 is 0 Å². The molecule has 6 heteroatoms. The molecule has 17 heavy (non-hydrogen) atoms. The van der Waals surface area contributed by atoms with Crippen LogP contribution in [0.15, 0.2) is 22.7 Å². The van der Waals surface area contributed by atoms with Gasteiger partial charge in [-0.2, -0.15) is 0 Å². The lowest BCUT2D eigenvalue weighted by Gasteiger charge is -2.06. The molecule has 1 fully saturated rings. The summed E-state index contributed by atoms with van der Waals surface area (Å²) in [6.45, 7) is -0.279. The van der Waals surface area contributed by atoms with Crippen molar-refractivity contribution in [1.82, 2.24) is 15.3 Å². The molecule has 0 amide bonds. The Balaban J connectivity index is 1.96. The normalized spacial score (nSPS) is 23.4. The Kier molecular flexibility index (Phi) is 2.45. The Bertz CT molecular complexity index is 567. The molecule has 0 bridgehead atoms. The van der Waals surface area contributed by atoms with Gasteiger partial charge in [-0.1, -0.05) is 15.9 Å². The van der Waals surface area contributed by atoms with E-state index in [-0.39, 0.29) is 13.0 Å². The first-order valence-corrected chi connectivity index (χ1v) is 6.09. The third-order valence-electron chi connectivity index (χ3n) is 2.90. The summed E-state index contributed by atoms with van der Waals surface area (Å²) in [4.78, 5) is 7.41. The van der Waals surface area contributed by atoms with E-state index >= 15 is 0 Å². The van der Waals surface area contributed by atoms with Crippen molar-refractivity contribution in [3.05, 3.63) is 28.5 Å². The highest BCUT2D eigenvalue weighted by Crippen LogP contribution is 2.33. The van der Waals surface area contributed by atoms with Crippen LogP contribution in [-0.4, -0.2) is 22.4 Å². The maximum Gasteiger partial charge on any atom is 0.262 e. The molecular weight excluding hydrogens is 292 g/mol. The summed E-state index contributed by atoms with van der Waals surface area (Å²) in [6.07, 6.45) is -0.200. The second-order valence-electron chi connectivity index (χ2n) is 4.28. The standard InChI is InChI=1S/C11H10BrF2N3/c12-6-1-2-7-8(3-6)17-10(16-7)9-4-11(13,14)5-15-9/h1-3,9,15H,4-5H2,(H,16,17). The smallest absolute Gasteiger partial charge is 0.262 e. The summed E-state index contributed by atoms with van der Waals surface area (Å²) >= 11 is 3.35. The number of aromatic amines is 1. The molecule has 1 unspecified atom stereocenters. The molecule has 0 aliphatic carbocycles. The molecule has 3 rings (SSSR count). The Morgan fingerprint density at radius 3 is 2.94 bits per heavy atom. The number of halogens is 3. The molecule has 3 nitrogen and oxygen atoms in total. The number of nitrogens with one attached hydrogen (secondary N) is 2. The molecule has 1 aliphatic heterocycles. The van der Waals surface area contributed by atoms with Crippen LogP contribution in [0.4, 0.5) is 8.78 Å². The number of aromatic nitrogens is 2. The van der Waals surface area contributed by atoms with E-state index in [0.717, 1.165) is 15.5 Å². The maximum absolute atomic E-state index is 13.1. The summed E-state index contributed by atoms with van der Waals surface area (Å²) in [5.41, 5.74) is 1.65. The van der Waals surface area contributed by atoms with E-state index < -0.39 is 12.0 Å². The zero-order valence-corrected chi connectivity index (χ0v) is 10.4. The van der Waals surface area contributed by atoms with Crippen molar-refractivity contribution in [2.45, 2.75) is 18.4 Å². The molecular formula is C11H10BrF2N3. The highest BCUT2D eigenvalue weighted by Gasteiger charge is 2.40. The first-order chi connectivity index (χ1) is 8.03. The van der Waals surface area contributed by atoms with Crippen molar-refractivity contribution in [1.29, 1.82) is 0 Å². The summed E-state index contributed by atoms with van der Waals surface area (Å²) in [5, 5.41) is 2.78. The average Bonchev–Trinajstić information content (AvgIpc) is 2.80. The number of fused-ring (bicyclic) bond motifs is 1. The molecule has 2 aromatic rings. The van der Waals surface area contributed by atoms with E-state index in [2.05, 4.69) is 31.2 Å². The predicted octanol–water partition coefficient (Wildman–Crippen LogP) is 3.00. The SMILES string of the molecule is FC1(F)CNC(c2nc3cc(Br)ccc3[nH]2)C1. The van der Waals surface area contributed by atoms with E-state index in [4.69, 9.17) is 0 Å². The van der Waals surface area contributed by atoms with E-state index in [1.165, 1.54) is 0 Å². The lowest BCUT2D eigenvalue weighted by Crippen LogP contribution is -2.19. The highest BCUT2D eigenvalue weighted by atomic mass is 79.9. The molecule has 1 aromatic carbocycles. The van der Waals surface area contributed by atoms with E-state index in [1.54, 1.807) is 0 Å². The highest BCUT2D eigenvalue weighted by molar-refractivity contribution is 9.10. The van der Waals surface area contributed by atoms with Gasteiger partial charge in [-0.05, 0) is 18.2 Å². The lowest BCUT2D eigenvalue weighted by molar-refractivity contribution is 0.0208. The van der Waals surface area contributed by atoms with Gasteiger partial charge in [0.25, 0.3) is 5.92 Å². The van der Waals surface area contributed by atoms with Gasteiger partial charge in [0.1, 0.15) is 5.82 Å². The number of nitrogens with zero attached hydrogens (tertiary/aromatic N) is 1. The van der Waals surface area contributed by atoms with Crippen molar-refractivity contribution in [3.63, 3.8) is 0 Å². The van der Waals surface area contributed by atoms with Gasteiger partial charge in [0, 0.05) is 10.9 Å². The van der Waals surface area contributed by atoms with Gasteiger partial charge in [0.2, 0.25) is 0 Å². The topological polar surface area (TPSA) is 40.7 Å². The minimum Gasteiger partial charge on any atom is -0.341 e. The minimum absolute atomic E-state index is 0.200. The van der Waals surface area contributed by atoms with Gasteiger partial charge in [0.15, 0.2) is 0 Å². The third-order valence-corrected chi connectivity index (χ3v) is 3.40. The van der Waals surface area contributed by atoms with Crippen LogP contribution in [-0.2, 0) is 0 Å². The Morgan fingerprint density at radius 1 is 1.41 bits per heavy atom. The van der Waals surface area contributed by atoms with Gasteiger partial charge in [-0.25, -0.2) is 13.8 Å². The van der Waals surface area contributed by atoms with Crippen LogP contribution in [0, 0.1) is 0 Å². The Labute approximate surface area is 105 Å². The van der Waals surface area contributed by atoms with E-state index in [9.17, 15) is 8.78 Å².